The number of amides is 2. The molecule has 1 fully saturated rings. The van der Waals surface area contributed by atoms with Crippen LogP contribution in [0.2, 0.25) is 5.02 Å². The van der Waals surface area contributed by atoms with Crippen molar-refractivity contribution in [3.63, 3.8) is 0 Å². The van der Waals surface area contributed by atoms with Gasteiger partial charge in [-0.1, -0.05) is 66.2 Å². The molecule has 7 nitrogen and oxygen atoms in total. The number of carbonyl (C=O) groups is 2. The molecule has 1 saturated heterocycles. The molecule has 4 rings (SSSR count). The first-order chi connectivity index (χ1) is 18.5. The maximum Gasteiger partial charge on any atom is 0.261 e. The summed E-state index contributed by atoms with van der Waals surface area (Å²) in [5.41, 5.74) is 1.34. The Bertz CT molecular complexity index is 1190. The minimum atomic E-state index is -0.923. The molecule has 1 atom stereocenters. The van der Waals surface area contributed by atoms with Gasteiger partial charge in [0, 0.05) is 32.7 Å². The van der Waals surface area contributed by atoms with Gasteiger partial charge in [-0.15, -0.1) is 0 Å². The minimum Gasteiger partial charge on any atom is -0.482 e. The van der Waals surface area contributed by atoms with Gasteiger partial charge in [0.1, 0.15) is 17.6 Å². The van der Waals surface area contributed by atoms with Crippen molar-refractivity contribution >= 4 is 23.4 Å². The van der Waals surface area contributed by atoms with Crippen molar-refractivity contribution in [1.29, 1.82) is 0 Å². The summed E-state index contributed by atoms with van der Waals surface area (Å²) in [4.78, 5) is 30.9. The van der Waals surface area contributed by atoms with Crippen LogP contribution < -0.4 is 10.1 Å². The Morgan fingerprint density at radius 3 is 2.39 bits per heavy atom. The van der Waals surface area contributed by atoms with Crippen LogP contribution in [-0.2, 0) is 20.9 Å². The van der Waals surface area contributed by atoms with Crippen LogP contribution in [0.3, 0.4) is 0 Å². The normalized spacial score (nSPS) is 14.5. The molecule has 0 radical (unpaired) electrons. The fraction of sp³-hybridized carbons (Fsp3) is 0.310. The Morgan fingerprint density at radius 1 is 1.00 bits per heavy atom. The average Bonchev–Trinajstić information content (AvgIpc) is 2.94. The topological polar surface area (TPSA) is 71.1 Å². The van der Waals surface area contributed by atoms with E-state index >= 15 is 0 Å². The largest absolute Gasteiger partial charge is 0.482 e. The van der Waals surface area contributed by atoms with Crippen molar-refractivity contribution in [2.24, 2.45) is 0 Å². The molecular formula is C29H31ClFN3O4. The second-order valence-electron chi connectivity index (χ2n) is 8.93. The second kappa shape index (κ2) is 13.9. The van der Waals surface area contributed by atoms with Gasteiger partial charge in [-0.2, -0.15) is 0 Å². The van der Waals surface area contributed by atoms with Crippen molar-refractivity contribution in [3.05, 3.63) is 101 Å². The van der Waals surface area contributed by atoms with Crippen molar-refractivity contribution in [2.45, 2.75) is 12.6 Å². The number of rotatable bonds is 11. The molecule has 0 spiro atoms. The number of hydrogen-bond donors (Lipinski definition) is 1. The Hall–Kier alpha value is -3.46. The number of halogens is 2. The maximum absolute atomic E-state index is 13.6. The second-order valence-corrected chi connectivity index (χ2v) is 9.33. The van der Waals surface area contributed by atoms with Gasteiger partial charge in [-0.05, 0) is 35.4 Å². The third kappa shape index (κ3) is 7.77. The molecule has 1 aliphatic heterocycles. The number of hydrogen-bond acceptors (Lipinski definition) is 5. The lowest BCUT2D eigenvalue weighted by atomic mass is 10.0. The molecule has 38 heavy (non-hydrogen) atoms. The van der Waals surface area contributed by atoms with Crippen molar-refractivity contribution in [3.8, 4) is 5.75 Å². The highest BCUT2D eigenvalue weighted by molar-refractivity contribution is 6.32. The summed E-state index contributed by atoms with van der Waals surface area (Å²) >= 11 is 6.20. The van der Waals surface area contributed by atoms with Crippen molar-refractivity contribution in [1.82, 2.24) is 15.1 Å². The summed E-state index contributed by atoms with van der Waals surface area (Å²) in [6, 6.07) is 20.9. The van der Waals surface area contributed by atoms with Gasteiger partial charge in [0.05, 0.1) is 18.2 Å². The van der Waals surface area contributed by atoms with Crippen LogP contribution in [0.5, 0.6) is 5.75 Å². The van der Waals surface area contributed by atoms with Crippen LogP contribution in [0, 0.1) is 5.82 Å². The summed E-state index contributed by atoms with van der Waals surface area (Å²) in [7, 11) is 0. The van der Waals surface area contributed by atoms with E-state index in [-0.39, 0.29) is 24.9 Å². The van der Waals surface area contributed by atoms with Gasteiger partial charge in [0.15, 0.2) is 6.61 Å². The number of nitrogens with zero attached hydrogens (tertiary/aromatic N) is 2. The number of benzene rings is 3. The van der Waals surface area contributed by atoms with E-state index in [9.17, 15) is 14.0 Å². The number of para-hydroxylation sites is 1. The van der Waals surface area contributed by atoms with Crippen molar-refractivity contribution in [2.75, 3.05) is 46.0 Å². The Morgan fingerprint density at radius 2 is 1.68 bits per heavy atom. The molecule has 1 heterocycles. The fourth-order valence-electron chi connectivity index (χ4n) is 4.26. The number of morpholine rings is 1. The Labute approximate surface area is 227 Å². The van der Waals surface area contributed by atoms with E-state index in [1.54, 1.807) is 36.4 Å². The lowest BCUT2D eigenvalue weighted by molar-refractivity contribution is -0.143. The highest BCUT2D eigenvalue weighted by atomic mass is 35.5. The molecule has 2 amide bonds. The van der Waals surface area contributed by atoms with E-state index in [1.807, 2.05) is 30.3 Å². The minimum absolute atomic E-state index is 0.0848. The van der Waals surface area contributed by atoms with Gasteiger partial charge in [0.25, 0.3) is 5.91 Å². The Kier molecular flexibility index (Phi) is 10.1. The Balaban J connectivity index is 1.56. The lowest BCUT2D eigenvalue weighted by Crippen LogP contribution is -2.47. The van der Waals surface area contributed by atoms with Crippen LogP contribution in [-0.4, -0.2) is 67.6 Å². The van der Waals surface area contributed by atoms with Gasteiger partial charge in [0.2, 0.25) is 5.91 Å². The molecule has 0 aromatic heterocycles. The summed E-state index contributed by atoms with van der Waals surface area (Å²) in [5.74, 6) is -0.728. The van der Waals surface area contributed by atoms with Crippen LogP contribution in [0.15, 0.2) is 78.9 Å². The van der Waals surface area contributed by atoms with Gasteiger partial charge >= 0.3 is 0 Å². The average molecular weight is 540 g/mol. The SMILES string of the molecule is O=C(NCCN1CCOCC1)C(c1ccccc1)N(Cc1ccc(F)cc1)C(=O)COc1ccccc1Cl. The molecule has 0 bridgehead atoms. The van der Waals surface area contributed by atoms with E-state index in [0.29, 0.717) is 48.2 Å². The maximum atomic E-state index is 13.6. The third-order valence-corrected chi connectivity index (χ3v) is 6.59. The van der Waals surface area contributed by atoms with Gasteiger partial charge in [-0.25, -0.2) is 4.39 Å². The lowest BCUT2D eigenvalue weighted by Gasteiger charge is -2.32. The first-order valence-corrected chi connectivity index (χ1v) is 12.9. The van der Waals surface area contributed by atoms with Crippen molar-refractivity contribution < 1.29 is 23.5 Å². The molecule has 9 heteroatoms. The van der Waals surface area contributed by atoms with E-state index in [0.717, 1.165) is 13.1 Å². The molecule has 1 unspecified atom stereocenters. The molecule has 0 saturated carbocycles. The van der Waals surface area contributed by atoms with Crippen LogP contribution in [0.25, 0.3) is 0 Å². The number of ether oxygens (including phenoxy) is 2. The highest BCUT2D eigenvalue weighted by Crippen LogP contribution is 2.26. The summed E-state index contributed by atoms with van der Waals surface area (Å²) in [5, 5.41) is 3.38. The molecule has 3 aromatic carbocycles. The van der Waals surface area contributed by atoms with Crippen LogP contribution in [0.1, 0.15) is 17.2 Å². The zero-order valence-corrected chi connectivity index (χ0v) is 21.8. The molecule has 1 N–H and O–H groups in total. The highest BCUT2D eigenvalue weighted by Gasteiger charge is 2.32. The predicted molar refractivity (Wildman–Crippen MR) is 143 cm³/mol. The summed E-state index contributed by atoms with van der Waals surface area (Å²) in [6.07, 6.45) is 0. The summed E-state index contributed by atoms with van der Waals surface area (Å²) < 4.78 is 24.7. The smallest absolute Gasteiger partial charge is 0.261 e. The molecule has 3 aromatic rings. The predicted octanol–water partition coefficient (Wildman–Crippen LogP) is 4.08. The number of carbonyl (C=O) groups excluding carboxylic acids is 2. The molecular weight excluding hydrogens is 509 g/mol. The standard InChI is InChI=1S/C29H31ClFN3O4/c30-25-8-4-5-9-26(25)38-21-27(35)34(20-22-10-12-24(31)13-11-22)28(23-6-2-1-3-7-23)29(36)32-14-15-33-16-18-37-19-17-33/h1-13,28H,14-21H2,(H,32,36). The van der Waals surface area contributed by atoms with E-state index < -0.39 is 11.9 Å². The van der Waals surface area contributed by atoms with Gasteiger partial charge in [-0.3, -0.25) is 14.5 Å². The van der Waals surface area contributed by atoms with Crippen LogP contribution in [0.4, 0.5) is 4.39 Å². The zero-order chi connectivity index (χ0) is 26.7. The summed E-state index contributed by atoms with van der Waals surface area (Å²) in [6.45, 7) is 3.84. The van der Waals surface area contributed by atoms with Crippen LogP contribution >= 0.6 is 11.6 Å². The van der Waals surface area contributed by atoms with Gasteiger partial charge < -0.3 is 19.7 Å². The number of nitrogens with one attached hydrogen (secondary N) is 1. The molecule has 200 valence electrons. The van der Waals surface area contributed by atoms with E-state index in [1.165, 1.54) is 17.0 Å². The molecule has 1 aliphatic rings. The fourth-order valence-corrected chi connectivity index (χ4v) is 4.45. The monoisotopic (exact) mass is 539 g/mol. The first kappa shape index (κ1) is 27.6. The van der Waals surface area contributed by atoms with E-state index in [4.69, 9.17) is 21.1 Å². The van der Waals surface area contributed by atoms with E-state index in [2.05, 4.69) is 10.2 Å². The quantitative estimate of drug-likeness (QED) is 0.398. The molecule has 0 aliphatic carbocycles. The first-order valence-electron chi connectivity index (χ1n) is 12.6. The third-order valence-electron chi connectivity index (χ3n) is 6.28. The zero-order valence-electron chi connectivity index (χ0n) is 21.0.